The van der Waals surface area contributed by atoms with Crippen molar-refractivity contribution in [2.45, 2.75) is 84.2 Å². The number of hydrogen-bond donors (Lipinski definition) is 4. The minimum absolute atomic E-state index is 0.0328. The fourth-order valence-corrected chi connectivity index (χ4v) is 9.08. The number of aliphatic hydroxyl groups is 4. The van der Waals surface area contributed by atoms with Gasteiger partial charge >= 0.3 is 0 Å². The number of Topliss-reactive ketones (excluding diaryl/α,β-unsaturated/α-hetero) is 1. The monoisotopic (exact) mass is 454 g/mol. The van der Waals surface area contributed by atoms with Gasteiger partial charge in [0.15, 0.2) is 5.78 Å². The van der Waals surface area contributed by atoms with Crippen molar-refractivity contribution in [2.75, 3.05) is 0 Å². The van der Waals surface area contributed by atoms with E-state index < -0.39 is 34.1 Å². The Kier molecular flexibility index (Phi) is 3.73. The van der Waals surface area contributed by atoms with E-state index >= 15 is 0 Å². The molecule has 0 heterocycles. The number of hydrogen-bond acceptors (Lipinski definition) is 6. The van der Waals surface area contributed by atoms with Gasteiger partial charge in [-0.3, -0.25) is 9.59 Å². The van der Waals surface area contributed by atoms with E-state index in [1.165, 1.54) is 18.6 Å². The van der Waals surface area contributed by atoms with Gasteiger partial charge in [-0.05, 0) is 84.1 Å². The van der Waals surface area contributed by atoms with E-state index in [0.717, 1.165) is 43.3 Å². The van der Waals surface area contributed by atoms with Crippen molar-refractivity contribution in [2.24, 2.45) is 33.5 Å². The molecule has 178 valence electrons. The molecule has 0 aromatic rings. The SMILES string of the molecule is C[C@@H]1C[C@@H]2[C@@](C)(CC[C@]3(C)C4=CC5=C6C(=CC(=O)C(O)(O)[C@]6(C)O)[C@]45CC[C@@]23C)[C@H](O)C1=O. The summed E-state index contributed by atoms with van der Waals surface area (Å²) in [5.41, 5.74) is 0.242. The van der Waals surface area contributed by atoms with Crippen LogP contribution in [0.4, 0.5) is 0 Å². The van der Waals surface area contributed by atoms with Gasteiger partial charge < -0.3 is 20.4 Å². The molecule has 6 aliphatic rings. The van der Waals surface area contributed by atoms with Gasteiger partial charge in [0.05, 0.1) is 0 Å². The first-order valence-corrected chi connectivity index (χ1v) is 12.2. The van der Waals surface area contributed by atoms with Gasteiger partial charge in [-0.15, -0.1) is 0 Å². The number of rotatable bonds is 0. The predicted octanol–water partition coefficient (Wildman–Crippen LogP) is 2.36. The molecule has 6 rings (SSSR count). The predicted molar refractivity (Wildman–Crippen MR) is 119 cm³/mol. The number of aliphatic hydroxyl groups excluding tert-OH is 1. The Labute approximate surface area is 194 Å². The first kappa shape index (κ1) is 21.9. The number of carbonyl (C=O) groups is 2. The fourth-order valence-electron chi connectivity index (χ4n) is 9.08. The van der Waals surface area contributed by atoms with Crippen LogP contribution in [-0.2, 0) is 9.59 Å². The third kappa shape index (κ3) is 1.94. The van der Waals surface area contributed by atoms with Gasteiger partial charge in [0.25, 0.3) is 5.79 Å². The van der Waals surface area contributed by atoms with Crippen LogP contribution in [-0.4, -0.2) is 49.5 Å². The Morgan fingerprint density at radius 3 is 2.27 bits per heavy atom. The van der Waals surface area contributed by atoms with E-state index in [0.29, 0.717) is 5.57 Å². The van der Waals surface area contributed by atoms with Crippen LogP contribution in [0.5, 0.6) is 0 Å². The van der Waals surface area contributed by atoms with Crippen LogP contribution >= 0.6 is 0 Å². The van der Waals surface area contributed by atoms with Crippen LogP contribution in [0.3, 0.4) is 0 Å². The number of carbonyl (C=O) groups excluding carboxylic acids is 2. The maximum atomic E-state index is 12.7. The van der Waals surface area contributed by atoms with E-state index in [-0.39, 0.29) is 28.4 Å². The number of allylic oxidation sites excluding steroid dienone is 3. The van der Waals surface area contributed by atoms with Crippen LogP contribution in [0.15, 0.2) is 34.4 Å². The van der Waals surface area contributed by atoms with Crippen LogP contribution in [0.1, 0.15) is 66.7 Å². The first-order chi connectivity index (χ1) is 15.1. The third-order valence-corrected chi connectivity index (χ3v) is 11.6. The van der Waals surface area contributed by atoms with Crippen molar-refractivity contribution in [3.63, 3.8) is 0 Å². The van der Waals surface area contributed by atoms with Crippen molar-refractivity contribution in [1.82, 2.24) is 0 Å². The van der Waals surface area contributed by atoms with Gasteiger partial charge in [-0.1, -0.05) is 33.8 Å². The molecule has 0 bridgehead atoms. The van der Waals surface area contributed by atoms with E-state index in [1.54, 1.807) is 0 Å². The Balaban J connectivity index is 1.48. The van der Waals surface area contributed by atoms with Gasteiger partial charge in [-0.25, -0.2) is 0 Å². The molecule has 3 fully saturated rings. The fraction of sp³-hybridized carbons (Fsp3) is 0.704. The highest BCUT2D eigenvalue weighted by Crippen LogP contribution is 2.81. The number of fused-ring (bicyclic) bond motifs is 5. The molecule has 0 aromatic carbocycles. The summed E-state index contributed by atoms with van der Waals surface area (Å²) in [6.45, 7) is 9.95. The van der Waals surface area contributed by atoms with E-state index in [2.05, 4.69) is 26.8 Å². The topological polar surface area (TPSA) is 115 Å². The van der Waals surface area contributed by atoms with Crippen LogP contribution in [0, 0.1) is 33.5 Å². The van der Waals surface area contributed by atoms with Gasteiger partial charge in [-0.2, -0.15) is 0 Å². The average Bonchev–Trinajstić information content (AvgIpc) is 2.72. The minimum atomic E-state index is -2.83. The summed E-state index contributed by atoms with van der Waals surface area (Å²) < 4.78 is 0. The van der Waals surface area contributed by atoms with Gasteiger partial charge in [0, 0.05) is 16.7 Å². The molecule has 0 saturated heterocycles. The molecule has 1 spiro atoms. The van der Waals surface area contributed by atoms with Crippen molar-refractivity contribution < 1.29 is 30.0 Å². The molecule has 6 aliphatic carbocycles. The molecule has 0 unspecified atom stereocenters. The highest BCUT2D eigenvalue weighted by Gasteiger charge is 2.75. The van der Waals surface area contributed by atoms with Crippen molar-refractivity contribution >= 4 is 11.6 Å². The lowest BCUT2D eigenvalue weighted by Gasteiger charge is -2.74. The zero-order valence-corrected chi connectivity index (χ0v) is 20.0. The van der Waals surface area contributed by atoms with E-state index in [4.69, 9.17) is 0 Å². The summed E-state index contributed by atoms with van der Waals surface area (Å²) in [7, 11) is 0. The minimum Gasteiger partial charge on any atom is -0.385 e. The highest BCUT2D eigenvalue weighted by atomic mass is 16.5. The lowest BCUT2D eigenvalue weighted by molar-refractivity contribution is -0.242. The molecule has 0 radical (unpaired) electrons. The maximum absolute atomic E-state index is 12.7. The van der Waals surface area contributed by atoms with Crippen LogP contribution in [0.2, 0.25) is 0 Å². The molecule has 0 amide bonds. The Morgan fingerprint density at radius 1 is 0.939 bits per heavy atom. The summed E-state index contributed by atoms with van der Waals surface area (Å²) in [6, 6.07) is 0. The summed E-state index contributed by atoms with van der Waals surface area (Å²) in [6.07, 6.45) is 6.56. The Morgan fingerprint density at radius 2 is 1.61 bits per heavy atom. The second-order valence-corrected chi connectivity index (χ2v) is 12.7. The molecule has 0 aliphatic heterocycles. The molecule has 3 saturated carbocycles. The lowest BCUT2D eigenvalue weighted by Crippen LogP contribution is -2.70. The summed E-state index contributed by atoms with van der Waals surface area (Å²) in [5, 5.41) is 42.7. The molecule has 0 aromatic heterocycles. The standard InChI is InChI=1S/C27H34O6/c1-13-10-16-22(2,21(30)20(13)29)6-7-24(4)17-11-14-19-15(26(14,17)9-8-23(16,24)3)12-18(28)27(32,33)25(19,5)31/h11-13,16,21,30-33H,6-10H2,1-5H3/t13-,16-,21-,22-,23+,24-,25-,26-/m1/s1. The second kappa shape index (κ2) is 5.62. The third-order valence-electron chi connectivity index (χ3n) is 11.6. The lowest BCUT2D eigenvalue weighted by atomic mass is 9.29. The first-order valence-electron chi connectivity index (χ1n) is 12.2. The largest absolute Gasteiger partial charge is 0.385 e. The maximum Gasteiger partial charge on any atom is 0.262 e. The van der Waals surface area contributed by atoms with E-state index in [1.807, 2.05) is 6.92 Å². The number of ketones is 2. The molecule has 6 heteroatoms. The summed E-state index contributed by atoms with van der Waals surface area (Å²) in [4.78, 5) is 25.3. The summed E-state index contributed by atoms with van der Waals surface area (Å²) >= 11 is 0. The van der Waals surface area contributed by atoms with Crippen LogP contribution in [0.25, 0.3) is 0 Å². The smallest absolute Gasteiger partial charge is 0.262 e. The zero-order valence-electron chi connectivity index (χ0n) is 20.0. The van der Waals surface area contributed by atoms with Crippen LogP contribution < -0.4 is 0 Å². The molecule has 33 heavy (non-hydrogen) atoms. The molecule has 4 N–H and O–H groups in total. The molecular formula is C27H34O6. The quantitative estimate of drug-likeness (QED) is 0.418. The van der Waals surface area contributed by atoms with Crippen molar-refractivity contribution in [3.05, 3.63) is 34.4 Å². The Bertz CT molecular complexity index is 1140. The normalized spacial score (nSPS) is 53.9. The average molecular weight is 455 g/mol. The van der Waals surface area contributed by atoms with E-state index in [9.17, 15) is 30.0 Å². The zero-order chi connectivity index (χ0) is 24.1. The summed E-state index contributed by atoms with van der Waals surface area (Å²) in [5.74, 6) is -3.70. The Hall–Kier alpha value is -1.60. The van der Waals surface area contributed by atoms with Gasteiger partial charge in [0.2, 0.25) is 5.78 Å². The molecule has 8 atom stereocenters. The van der Waals surface area contributed by atoms with Crippen molar-refractivity contribution in [3.8, 4) is 0 Å². The highest BCUT2D eigenvalue weighted by molar-refractivity contribution is 6.03. The van der Waals surface area contributed by atoms with Gasteiger partial charge in [0.1, 0.15) is 11.7 Å². The molecule has 6 nitrogen and oxygen atoms in total. The second-order valence-electron chi connectivity index (χ2n) is 12.7. The van der Waals surface area contributed by atoms with Crippen molar-refractivity contribution in [1.29, 1.82) is 0 Å². The molecular weight excluding hydrogens is 420 g/mol.